The van der Waals surface area contributed by atoms with Gasteiger partial charge >= 0.3 is 0 Å². The number of methoxy groups -OCH3 is 1. The van der Waals surface area contributed by atoms with Gasteiger partial charge in [0.05, 0.1) is 13.7 Å². The summed E-state index contributed by atoms with van der Waals surface area (Å²) in [6, 6.07) is 13.6. The number of ether oxygens (including phenoxy) is 1. The number of carbonyl (C=O) groups excluding carboxylic acids is 2. The van der Waals surface area contributed by atoms with Crippen LogP contribution >= 0.6 is 0 Å². The van der Waals surface area contributed by atoms with Gasteiger partial charge in [0.25, 0.3) is 0 Å². The Morgan fingerprint density at radius 3 is 2.54 bits per heavy atom. The highest BCUT2D eigenvalue weighted by molar-refractivity contribution is 5.95. The van der Waals surface area contributed by atoms with E-state index in [1.807, 2.05) is 56.3 Å². The summed E-state index contributed by atoms with van der Waals surface area (Å²) in [7, 11) is 1.62. The zero-order chi connectivity index (χ0) is 19.1. The van der Waals surface area contributed by atoms with E-state index < -0.39 is 0 Å². The maximum Gasteiger partial charge on any atom is 0.244 e. The van der Waals surface area contributed by atoms with Gasteiger partial charge in [0, 0.05) is 19.2 Å². The van der Waals surface area contributed by atoms with Gasteiger partial charge in [0.1, 0.15) is 5.75 Å². The third kappa shape index (κ3) is 5.34. The SMILES string of the molecule is COc1ccccc1CCN(CC(=O)Nc1cc(C)ccc1C)C(C)=O. The minimum absolute atomic E-state index is 0.0257. The number of benzene rings is 2. The average molecular weight is 354 g/mol. The number of nitrogens with zero attached hydrogens (tertiary/aromatic N) is 1. The first-order valence-electron chi connectivity index (χ1n) is 8.65. The molecule has 0 aliphatic carbocycles. The summed E-state index contributed by atoms with van der Waals surface area (Å²) >= 11 is 0. The molecule has 2 amide bonds. The molecule has 0 bridgehead atoms. The number of amides is 2. The molecule has 2 aromatic carbocycles. The molecule has 0 atom stereocenters. The van der Waals surface area contributed by atoms with Crippen LogP contribution in [0.4, 0.5) is 5.69 Å². The van der Waals surface area contributed by atoms with Crippen LogP contribution in [0.15, 0.2) is 42.5 Å². The van der Waals surface area contributed by atoms with Gasteiger partial charge in [0.2, 0.25) is 11.8 Å². The highest BCUT2D eigenvalue weighted by Gasteiger charge is 2.15. The summed E-state index contributed by atoms with van der Waals surface area (Å²) in [6.07, 6.45) is 0.625. The van der Waals surface area contributed by atoms with Crippen molar-refractivity contribution in [1.82, 2.24) is 4.90 Å². The van der Waals surface area contributed by atoms with Crippen LogP contribution in [0.2, 0.25) is 0 Å². The lowest BCUT2D eigenvalue weighted by Crippen LogP contribution is -2.38. The summed E-state index contributed by atoms with van der Waals surface area (Å²) in [5.41, 5.74) is 3.86. The number of nitrogens with one attached hydrogen (secondary N) is 1. The number of carbonyl (C=O) groups is 2. The second kappa shape index (κ2) is 9.04. The van der Waals surface area contributed by atoms with Gasteiger partial charge in [-0.05, 0) is 49.1 Å². The number of rotatable bonds is 7. The van der Waals surface area contributed by atoms with Gasteiger partial charge in [0.15, 0.2) is 0 Å². The first-order chi connectivity index (χ1) is 12.4. The lowest BCUT2D eigenvalue weighted by Gasteiger charge is -2.21. The molecule has 26 heavy (non-hydrogen) atoms. The van der Waals surface area contributed by atoms with E-state index in [1.54, 1.807) is 12.0 Å². The minimum Gasteiger partial charge on any atom is -0.496 e. The van der Waals surface area contributed by atoms with Crippen molar-refractivity contribution < 1.29 is 14.3 Å². The third-order valence-corrected chi connectivity index (χ3v) is 4.29. The van der Waals surface area contributed by atoms with Crippen LogP contribution in [0.1, 0.15) is 23.6 Å². The second-order valence-corrected chi connectivity index (χ2v) is 6.37. The minimum atomic E-state index is -0.200. The van der Waals surface area contributed by atoms with Crippen molar-refractivity contribution in [3.05, 3.63) is 59.2 Å². The lowest BCUT2D eigenvalue weighted by molar-refractivity contribution is -0.132. The standard InChI is InChI=1S/C21H26N2O3/c1-15-9-10-16(2)19(13-15)22-21(25)14-23(17(3)24)12-11-18-7-5-6-8-20(18)26-4/h5-10,13H,11-12,14H2,1-4H3,(H,22,25). The summed E-state index contributed by atoms with van der Waals surface area (Å²) in [5, 5.41) is 2.90. The molecule has 0 aliphatic rings. The Labute approximate surface area is 155 Å². The van der Waals surface area contributed by atoms with Crippen LogP contribution < -0.4 is 10.1 Å². The molecular formula is C21H26N2O3. The normalized spacial score (nSPS) is 10.3. The van der Waals surface area contributed by atoms with Gasteiger partial charge < -0.3 is 15.0 Å². The van der Waals surface area contributed by atoms with Crippen LogP contribution in [0.5, 0.6) is 5.75 Å². The van der Waals surface area contributed by atoms with Crippen LogP contribution in [0.3, 0.4) is 0 Å². The van der Waals surface area contributed by atoms with E-state index in [0.717, 1.165) is 28.1 Å². The summed E-state index contributed by atoms with van der Waals surface area (Å²) in [6.45, 7) is 5.88. The quantitative estimate of drug-likeness (QED) is 0.830. The molecule has 0 spiro atoms. The molecule has 1 N–H and O–H groups in total. The van der Waals surface area contributed by atoms with Crippen molar-refractivity contribution >= 4 is 17.5 Å². The Hall–Kier alpha value is -2.82. The van der Waals surface area contributed by atoms with Crippen LogP contribution in [0.25, 0.3) is 0 Å². The molecule has 5 nitrogen and oxygen atoms in total. The summed E-state index contributed by atoms with van der Waals surface area (Å²) < 4.78 is 5.34. The number of anilines is 1. The Bertz CT molecular complexity index is 787. The molecule has 0 saturated heterocycles. The van der Waals surface area contributed by atoms with E-state index in [-0.39, 0.29) is 18.4 Å². The third-order valence-electron chi connectivity index (χ3n) is 4.29. The van der Waals surface area contributed by atoms with Crippen LogP contribution in [-0.4, -0.2) is 36.9 Å². The van der Waals surface area contributed by atoms with Crippen molar-refractivity contribution in [2.45, 2.75) is 27.2 Å². The zero-order valence-electron chi connectivity index (χ0n) is 15.8. The molecule has 0 aromatic heterocycles. The molecule has 0 heterocycles. The lowest BCUT2D eigenvalue weighted by atomic mass is 10.1. The smallest absolute Gasteiger partial charge is 0.244 e. The van der Waals surface area contributed by atoms with Crippen LogP contribution in [0, 0.1) is 13.8 Å². The highest BCUT2D eigenvalue weighted by Crippen LogP contribution is 2.18. The fraction of sp³-hybridized carbons (Fsp3) is 0.333. The zero-order valence-corrected chi connectivity index (χ0v) is 15.8. The second-order valence-electron chi connectivity index (χ2n) is 6.37. The van der Waals surface area contributed by atoms with Crippen LogP contribution in [-0.2, 0) is 16.0 Å². The van der Waals surface area contributed by atoms with Crippen molar-refractivity contribution in [3.63, 3.8) is 0 Å². The van der Waals surface area contributed by atoms with Crippen molar-refractivity contribution in [2.75, 3.05) is 25.5 Å². The monoisotopic (exact) mass is 354 g/mol. The Morgan fingerprint density at radius 2 is 1.85 bits per heavy atom. The van der Waals surface area contributed by atoms with E-state index in [2.05, 4.69) is 5.32 Å². The number of aryl methyl sites for hydroxylation is 2. The van der Waals surface area contributed by atoms with E-state index >= 15 is 0 Å². The molecule has 0 saturated carbocycles. The Balaban J connectivity index is 2.00. The molecular weight excluding hydrogens is 328 g/mol. The van der Waals surface area contributed by atoms with Gasteiger partial charge in [-0.15, -0.1) is 0 Å². The van der Waals surface area contributed by atoms with Crippen molar-refractivity contribution in [3.8, 4) is 5.75 Å². The number of hydrogen-bond donors (Lipinski definition) is 1. The topological polar surface area (TPSA) is 58.6 Å². The van der Waals surface area contributed by atoms with Gasteiger partial charge in [-0.1, -0.05) is 30.3 Å². The Morgan fingerprint density at radius 1 is 1.12 bits per heavy atom. The average Bonchev–Trinajstić information content (AvgIpc) is 2.61. The number of para-hydroxylation sites is 1. The fourth-order valence-corrected chi connectivity index (χ4v) is 2.75. The largest absolute Gasteiger partial charge is 0.496 e. The fourth-order valence-electron chi connectivity index (χ4n) is 2.75. The first kappa shape index (κ1) is 19.5. The maximum absolute atomic E-state index is 12.4. The van der Waals surface area contributed by atoms with E-state index in [1.165, 1.54) is 6.92 Å². The first-order valence-corrected chi connectivity index (χ1v) is 8.65. The van der Waals surface area contributed by atoms with Gasteiger partial charge in [-0.3, -0.25) is 9.59 Å². The molecule has 0 unspecified atom stereocenters. The molecule has 2 aromatic rings. The highest BCUT2D eigenvalue weighted by atomic mass is 16.5. The molecule has 0 aliphatic heterocycles. The summed E-state index contributed by atoms with van der Waals surface area (Å²) in [4.78, 5) is 25.9. The van der Waals surface area contributed by atoms with Crippen molar-refractivity contribution in [2.24, 2.45) is 0 Å². The maximum atomic E-state index is 12.4. The molecule has 138 valence electrons. The van der Waals surface area contributed by atoms with Crippen molar-refractivity contribution in [1.29, 1.82) is 0 Å². The van der Waals surface area contributed by atoms with Gasteiger partial charge in [-0.25, -0.2) is 0 Å². The predicted molar refractivity (Wildman–Crippen MR) is 103 cm³/mol. The van der Waals surface area contributed by atoms with Gasteiger partial charge in [-0.2, -0.15) is 0 Å². The molecule has 0 radical (unpaired) electrons. The van der Waals surface area contributed by atoms with E-state index in [4.69, 9.17) is 4.74 Å². The summed E-state index contributed by atoms with van der Waals surface area (Å²) in [5.74, 6) is 0.459. The molecule has 5 heteroatoms. The number of hydrogen-bond acceptors (Lipinski definition) is 3. The molecule has 0 fully saturated rings. The predicted octanol–water partition coefficient (Wildman–Crippen LogP) is 3.34. The van der Waals surface area contributed by atoms with E-state index in [9.17, 15) is 9.59 Å². The molecule has 2 rings (SSSR count). The Kier molecular flexibility index (Phi) is 6.78. The van der Waals surface area contributed by atoms with E-state index in [0.29, 0.717) is 13.0 Å².